The molecule has 15 nitrogen and oxygen atoms in total. The number of carbonyl (C=O) groups excluding carboxylic acids is 1. The average molecular weight is 679 g/mol. The zero-order valence-corrected chi connectivity index (χ0v) is 25.7. The number of hydrogen-bond donors (Lipinski definition) is 3. The molecule has 0 aliphatic heterocycles. The van der Waals surface area contributed by atoms with Crippen LogP contribution in [0.3, 0.4) is 0 Å². The van der Waals surface area contributed by atoms with Crippen molar-refractivity contribution < 1.29 is 41.7 Å². The number of aromatic nitrogens is 6. The molecule has 19 heteroatoms. The summed E-state index contributed by atoms with van der Waals surface area (Å²) in [6.07, 6.45) is 4.41. The van der Waals surface area contributed by atoms with Gasteiger partial charge in [-0.15, -0.1) is 0 Å². The van der Waals surface area contributed by atoms with E-state index in [1.165, 1.54) is 50.5 Å². The lowest BCUT2D eigenvalue weighted by Gasteiger charge is -2.17. The number of carboxylic acids is 1. The number of anilines is 2. The van der Waals surface area contributed by atoms with Crippen molar-refractivity contribution in [1.82, 2.24) is 19.1 Å². The molecule has 0 aromatic carbocycles. The van der Waals surface area contributed by atoms with Crippen molar-refractivity contribution in [2.24, 2.45) is 0 Å². The van der Waals surface area contributed by atoms with E-state index in [0.29, 0.717) is 5.69 Å². The fourth-order valence-electron chi connectivity index (χ4n) is 4.13. The van der Waals surface area contributed by atoms with Crippen molar-refractivity contribution in [3.8, 4) is 0 Å². The third-order valence-corrected chi connectivity index (χ3v) is 6.54. The number of halogens is 4. The second-order valence-corrected chi connectivity index (χ2v) is 10.3. The van der Waals surface area contributed by atoms with Crippen LogP contribution in [0.4, 0.5) is 29.2 Å². The number of aryl methyl sites for hydroxylation is 2. The standard InChI is InChI=1S/C15H16F2N4O3.C14H14F2N4O4/c1-10-7-18-13(14(23)20(10)8-11(2)22)19-9-15(16,17)12-5-3-4-6-21(12)24;1-9-6-17-12(13(23)19(9)7-11(21)22)18-8-14(15,16)10-4-2-3-5-20(10)24/h3-7H,8-9H2,1-2H3,(H,18,19);2-6H,7-8H2,1H3,(H,17,18)(H,21,22). The van der Waals surface area contributed by atoms with E-state index in [1.807, 2.05) is 0 Å². The lowest BCUT2D eigenvalue weighted by molar-refractivity contribution is -0.624. The molecule has 0 saturated carbocycles. The van der Waals surface area contributed by atoms with E-state index in [-0.39, 0.29) is 33.3 Å². The number of nitrogens with one attached hydrogen (secondary N) is 2. The Bertz CT molecular complexity index is 1780. The van der Waals surface area contributed by atoms with E-state index < -0.39 is 65.8 Å². The van der Waals surface area contributed by atoms with Gasteiger partial charge in [-0.2, -0.15) is 27.0 Å². The quantitative estimate of drug-likeness (QED) is 0.111. The summed E-state index contributed by atoms with van der Waals surface area (Å²) in [7, 11) is 0. The second-order valence-electron chi connectivity index (χ2n) is 10.3. The number of Topliss-reactive ketones (excluding diaryl/α,β-unsaturated/α-hetero) is 1. The zero-order chi connectivity index (χ0) is 35.8. The van der Waals surface area contributed by atoms with Gasteiger partial charge in [-0.1, -0.05) is 0 Å². The maximum Gasteiger partial charge on any atom is 0.347 e. The summed E-state index contributed by atoms with van der Waals surface area (Å²) in [5.41, 5.74) is -2.32. The Morgan fingerprint density at radius 2 is 1.19 bits per heavy atom. The first-order chi connectivity index (χ1) is 22.4. The second kappa shape index (κ2) is 15.1. The topological polar surface area (TPSA) is 202 Å². The number of nitrogens with zero attached hydrogens (tertiary/aromatic N) is 6. The highest BCUT2D eigenvalue weighted by molar-refractivity contribution is 5.75. The monoisotopic (exact) mass is 678 g/mol. The van der Waals surface area contributed by atoms with Gasteiger partial charge >= 0.3 is 17.8 Å². The van der Waals surface area contributed by atoms with Gasteiger partial charge in [0.2, 0.25) is 0 Å². The van der Waals surface area contributed by atoms with Gasteiger partial charge in [0.15, 0.2) is 24.0 Å². The molecule has 0 aliphatic rings. The highest BCUT2D eigenvalue weighted by Gasteiger charge is 2.40. The van der Waals surface area contributed by atoms with Crippen LogP contribution in [-0.2, 0) is 34.5 Å². The Labute approximate surface area is 268 Å². The molecule has 4 rings (SSSR count). The Morgan fingerprint density at radius 3 is 1.54 bits per heavy atom. The van der Waals surface area contributed by atoms with Gasteiger partial charge in [0.25, 0.3) is 22.5 Å². The summed E-state index contributed by atoms with van der Waals surface area (Å²) < 4.78 is 58.7. The van der Waals surface area contributed by atoms with Gasteiger partial charge in [-0.05, 0) is 32.9 Å². The predicted molar refractivity (Wildman–Crippen MR) is 160 cm³/mol. The van der Waals surface area contributed by atoms with Crippen molar-refractivity contribution in [3.05, 3.63) is 115 Å². The van der Waals surface area contributed by atoms with E-state index in [4.69, 9.17) is 5.11 Å². The Balaban J connectivity index is 0.000000260. The maximum atomic E-state index is 14.2. The fourth-order valence-corrected chi connectivity index (χ4v) is 4.13. The summed E-state index contributed by atoms with van der Waals surface area (Å²) in [5.74, 6) is -9.30. The van der Waals surface area contributed by atoms with Crippen molar-refractivity contribution in [1.29, 1.82) is 0 Å². The number of aliphatic carboxylic acids is 1. The van der Waals surface area contributed by atoms with Crippen LogP contribution in [0.1, 0.15) is 29.7 Å². The molecule has 0 unspecified atom stereocenters. The van der Waals surface area contributed by atoms with Gasteiger partial charge in [0.1, 0.15) is 12.3 Å². The van der Waals surface area contributed by atoms with E-state index in [2.05, 4.69) is 20.6 Å². The molecule has 4 aromatic rings. The molecule has 0 radical (unpaired) electrons. The first-order valence-electron chi connectivity index (χ1n) is 13.9. The summed E-state index contributed by atoms with van der Waals surface area (Å²) in [6.45, 7) is 1.56. The Morgan fingerprint density at radius 1 is 0.792 bits per heavy atom. The van der Waals surface area contributed by atoms with Crippen LogP contribution in [0.5, 0.6) is 0 Å². The minimum absolute atomic E-state index is 0.0347. The number of hydrogen-bond acceptors (Lipinski definition) is 10. The van der Waals surface area contributed by atoms with Crippen molar-refractivity contribution in [2.45, 2.75) is 45.7 Å². The maximum absolute atomic E-state index is 14.2. The van der Waals surface area contributed by atoms with Crippen LogP contribution in [0, 0.1) is 24.3 Å². The molecule has 0 amide bonds. The molecule has 0 spiro atoms. The van der Waals surface area contributed by atoms with E-state index in [0.717, 1.165) is 33.7 Å². The lowest BCUT2D eigenvalue weighted by Crippen LogP contribution is -2.41. The summed E-state index contributed by atoms with van der Waals surface area (Å²) >= 11 is 0. The molecule has 4 aromatic heterocycles. The minimum Gasteiger partial charge on any atom is -0.618 e. The number of carboxylic acid groups (broad SMARTS) is 1. The van der Waals surface area contributed by atoms with Crippen LogP contribution >= 0.6 is 0 Å². The van der Waals surface area contributed by atoms with Crippen molar-refractivity contribution >= 4 is 23.4 Å². The molecule has 0 fully saturated rings. The highest BCUT2D eigenvalue weighted by atomic mass is 19.3. The molecule has 48 heavy (non-hydrogen) atoms. The third kappa shape index (κ3) is 9.10. The molecule has 0 aliphatic carbocycles. The Hall–Kier alpha value is -5.88. The third-order valence-electron chi connectivity index (χ3n) is 6.54. The smallest absolute Gasteiger partial charge is 0.347 e. The van der Waals surface area contributed by atoms with E-state index >= 15 is 0 Å². The molecule has 0 atom stereocenters. The Kier molecular flexibility index (Phi) is 11.5. The largest absolute Gasteiger partial charge is 0.618 e. The summed E-state index contributed by atoms with van der Waals surface area (Å²) in [4.78, 5) is 53.8. The van der Waals surface area contributed by atoms with Gasteiger partial charge in [0.05, 0.1) is 19.6 Å². The van der Waals surface area contributed by atoms with Crippen LogP contribution in [0.2, 0.25) is 0 Å². The van der Waals surface area contributed by atoms with Crippen molar-refractivity contribution in [2.75, 3.05) is 23.7 Å². The van der Waals surface area contributed by atoms with Crippen LogP contribution in [0.25, 0.3) is 0 Å². The van der Waals surface area contributed by atoms with Gasteiger partial charge in [0, 0.05) is 48.0 Å². The van der Waals surface area contributed by atoms with Gasteiger partial charge in [-0.25, -0.2) is 9.97 Å². The molecule has 0 saturated heterocycles. The number of rotatable bonds is 12. The first kappa shape index (κ1) is 36.6. The van der Waals surface area contributed by atoms with Crippen LogP contribution < -0.4 is 31.2 Å². The summed E-state index contributed by atoms with van der Waals surface area (Å²) in [5, 5.41) is 36.1. The zero-order valence-electron chi connectivity index (χ0n) is 25.7. The van der Waals surface area contributed by atoms with E-state index in [1.54, 1.807) is 6.92 Å². The minimum atomic E-state index is -3.56. The predicted octanol–water partition coefficient (Wildman–Crippen LogP) is 1.45. The lowest BCUT2D eigenvalue weighted by atomic mass is 10.2. The van der Waals surface area contributed by atoms with Gasteiger partial charge in [-0.3, -0.25) is 23.7 Å². The van der Waals surface area contributed by atoms with Crippen molar-refractivity contribution in [3.63, 3.8) is 0 Å². The molecule has 256 valence electrons. The number of alkyl halides is 4. The van der Waals surface area contributed by atoms with E-state index in [9.17, 15) is 47.2 Å². The SMILES string of the molecule is CC(=O)Cn1c(C)cnc(NCC(F)(F)c2cccc[n+]2[O-])c1=O.Cc1cnc(NCC(F)(F)c2cccc[n+]2[O-])c(=O)n1CC(=O)O. The molecule has 4 heterocycles. The number of carbonyl (C=O) groups is 2. The number of pyridine rings is 2. The van der Waals surface area contributed by atoms with Gasteiger partial charge < -0.3 is 30.7 Å². The molecule has 3 N–H and O–H groups in total. The molecular weight excluding hydrogens is 648 g/mol. The van der Waals surface area contributed by atoms with Crippen LogP contribution in [-0.4, -0.2) is 49.1 Å². The normalized spacial score (nSPS) is 11.3. The summed E-state index contributed by atoms with van der Waals surface area (Å²) in [6, 6.07) is 7.24. The molecule has 0 bridgehead atoms. The highest BCUT2D eigenvalue weighted by Crippen LogP contribution is 2.26. The fraction of sp³-hybridized carbons (Fsp3) is 0.310. The number of ketones is 1. The first-order valence-corrected chi connectivity index (χ1v) is 13.9. The van der Waals surface area contributed by atoms with Crippen LogP contribution in [0.15, 0.2) is 70.8 Å². The molecular formula is C29H30F4N8O7. The average Bonchev–Trinajstić information content (AvgIpc) is 3.01.